The number of carbonyl (C=O) groups excluding carboxylic acids is 1. The van der Waals surface area contributed by atoms with E-state index in [0.29, 0.717) is 11.3 Å². The number of piperazine rings is 1. The minimum absolute atomic E-state index is 0.0809. The second-order valence-electron chi connectivity index (χ2n) is 8.41. The fourth-order valence-corrected chi connectivity index (χ4v) is 4.85. The van der Waals surface area contributed by atoms with Gasteiger partial charge in [0.05, 0.1) is 7.11 Å². The summed E-state index contributed by atoms with van der Waals surface area (Å²) < 4.78 is 7.65. The first-order valence-electron chi connectivity index (χ1n) is 11.3. The van der Waals surface area contributed by atoms with Gasteiger partial charge in [-0.25, -0.2) is 0 Å². The zero-order valence-corrected chi connectivity index (χ0v) is 18.8. The monoisotopic (exact) mass is 427 g/mol. The van der Waals surface area contributed by atoms with Gasteiger partial charge in [0, 0.05) is 66.6 Å². The lowest BCUT2D eigenvalue weighted by Gasteiger charge is -2.34. The van der Waals surface area contributed by atoms with Crippen LogP contribution in [0.15, 0.2) is 66.7 Å². The van der Waals surface area contributed by atoms with Gasteiger partial charge in [0.1, 0.15) is 5.75 Å². The van der Waals surface area contributed by atoms with Gasteiger partial charge in [-0.05, 0) is 48.9 Å². The van der Waals surface area contributed by atoms with Crippen LogP contribution < -0.4 is 4.74 Å². The third-order valence-electron chi connectivity index (χ3n) is 6.54. The number of aryl methyl sites for hydroxylation is 1. The van der Waals surface area contributed by atoms with Crippen molar-refractivity contribution in [1.29, 1.82) is 0 Å². The molecule has 1 amide bonds. The predicted molar refractivity (Wildman–Crippen MR) is 129 cm³/mol. The van der Waals surface area contributed by atoms with Crippen molar-refractivity contribution in [3.8, 4) is 5.75 Å². The molecule has 5 heteroatoms. The van der Waals surface area contributed by atoms with Gasteiger partial charge in [0.2, 0.25) is 0 Å². The number of nitrogens with zero attached hydrogens (tertiary/aromatic N) is 3. The van der Waals surface area contributed by atoms with Crippen molar-refractivity contribution in [2.75, 3.05) is 33.3 Å². The first kappa shape index (κ1) is 20.6. The van der Waals surface area contributed by atoms with E-state index in [1.165, 1.54) is 27.4 Å². The molecule has 0 atom stereocenters. The maximum atomic E-state index is 12.9. The third-order valence-corrected chi connectivity index (χ3v) is 6.54. The highest BCUT2D eigenvalue weighted by molar-refractivity contribution is 6.08. The minimum atomic E-state index is 0.0809. The maximum absolute atomic E-state index is 12.9. The van der Waals surface area contributed by atoms with E-state index in [2.05, 4.69) is 58.9 Å². The summed E-state index contributed by atoms with van der Waals surface area (Å²) >= 11 is 0. The van der Waals surface area contributed by atoms with Crippen LogP contribution in [0, 0.1) is 0 Å². The van der Waals surface area contributed by atoms with E-state index in [1.807, 2.05) is 29.2 Å². The molecule has 0 saturated carbocycles. The van der Waals surface area contributed by atoms with Crippen molar-refractivity contribution in [2.24, 2.45) is 0 Å². The average molecular weight is 428 g/mol. The number of hydrogen-bond acceptors (Lipinski definition) is 3. The number of methoxy groups -OCH3 is 1. The summed E-state index contributed by atoms with van der Waals surface area (Å²) in [4.78, 5) is 17.3. The molecule has 32 heavy (non-hydrogen) atoms. The Morgan fingerprint density at radius 2 is 1.66 bits per heavy atom. The molecule has 0 aliphatic carbocycles. The van der Waals surface area contributed by atoms with Gasteiger partial charge in [-0.1, -0.05) is 30.3 Å². The number of para-hydroxylation sites is 1. The highest BCUT2D eigenvalue weighted by Gasteiger charge is 2.22. The summed E-state index contributed by atoms with van der Waals surface area (Å²) in [6.07, 6.45) is 0. The molecule has 0 N–H and O–H groups in total. The van der Waals surface area contributed by atoms with Gasteiger partial charge < -0.3 is 14.2 Å². The molecule has 0 radical (unpaired) electrons. The maximum Gasteiger partial charge on any atom is 0.254 e. The van der Waals surface area contributed by atoms with E-state index in [0.717, 1.165) is 39.3 Å². The molecular weight excluding hydrogens is 398 g/mol. The van der Waals surface area contributed by atoms with Gasteiger partial charge in [-0.3, -0.25) is 9.69 Å². The van der Waals surface area contributed by atoms with Gasteiger partial charge in [0.15, 0.2) is 0 Å². The van der Waals surface area contributed by atoms with Crippen LogP contribution >= 0.6 is 0 Å². The van der Waals surface area contributed by atoms with E-state index in [-0.39, 0.29) is 5.91 Å². The van der Waals surface area contributed by atoms with Crippen LogP contribution in [0.3, 0.4) is 0 Å². The number of rotatable bonds is 5. The number of ether oxygens (including phenoxy) is 1. The van der Waals surface area contributed by atoms with Crippen LogP contribution in [0.1, 0.15) is 22.8 Å². The van der Waals surface area contributed by atoms with E-state index in [1.54, 1.807) is 7.11 Å². The largest absolute Gasteiger partial charge is 0.497 e. The molecule has 164 valence electrons. The predicted octanol–water partition coefficient (Wildman–Crippen LogP) is 4.78. The van der Waals surface area contributed by atoms with Crippen LogP contribution in [-0.4, -0.2) is 53.6 Å². The third kappa shape index (κ3) is 3.73. The van der Waals surface area contributed by atoms with Gasteiger partial charge in [-0.15, -0.1) is 0 Å². The normalized spacial score (nSPS) is 14.9. The number of carbonyl (C=O) groups is 1. The van der Waals surface area contributed by atoms with Crippen molar-refractivity contribution < 1.29 is 9.53 Å². The number of aromatic nitrogens is 1. The second kappa shape index (κ2) is 8.67. The van der Waals surface area contributed by atoms with Crippen molar-refractivity contribution in [1.82, 2.24) is 14.4 Å². The first-order valence-corrected chi connectivity index (χ1v) is 11.3. The Hall–Kier alpha value is -3.31. The van der Waals surface area contributed by atoms with Gasteiger partial charge >= 0.3 is 0 Å². The molecule has 3 aromatic carbocycles. The Morgan fingerprint density at radius 3 is 2.44 bits per heavy atom. The quantitative estimate of drug-likeness (QED) is 0.460. The molecule has 1 saturated heterocycles. The topological polar surface area (TPSA) is 37.7 Å². The summed E-state index contributed by atoms with van der Waals surface area (Å²) in [5.41, 5.74) is 4.61. The number of hydrogen-bond donors (Lipinski definition) is 0. The fourth-order valence-electron chi connectivity index (χ4n) is 4.85. The molecule has 0 bridgehead atoms. The van der Waals surface area contributed by atoms with E-state index >= 15 is 0 Å². The lowest BCUT2D eigenvalue weighted by Crippen LogP contribution is -2.48. The summed E-state index contributed by atoms with van der Waals surface area (Å²) in [6.45, 7) is 7.32. The zero-order valence-electron chi connectivity index (χ0n) is 18.8. The summed E-state index contributed by atoms with van der Waals surface area (Å²) in [5, 5.41) is 2.65. The number of benzene rings is 3. The zero-order chi connectivity index (χ0) is 22.1. The lowest BCUT2D eigenvalue weighted by atomic mass is 10.1. The molecule has 0 spiro atoms. The standard InChI is InChI=1S/C27H29N3O2/c1-3-30-25-10-5-4-9-23(25)24-17-20(11-12-26(24)30)19-28-13-15-29(16-14-28)27(31)21-7-6-8-22(18-21)32-2/h4-12,17-18H,3,13-16,19H2,1-2H3. The van der Waals surface area contributed by atoms with Crippen LogP contribution in [-0.2, 0) is 13.1 Å². The van der Waals surface area contributed by atoms with Crippen LogP contribution in [0.4, 0.5) is 0 Å². The molecule has 1 aromatic heterocycles. The van der Waals surface area contributed by atoms with Crippen LogP contribution in [0.2, 0.25) is 0 Å². The second-order valence-corrected chi connectivity index (χ2v) is 8.41. The Labute approximate surface area is 188 Å². The molecule has 1 fully saturated rings. The Kier molecular flexibility index (Phi) is 5.58. The van der Waals surface area contributed by atoms with E-state index in [9.17, 15) is 4.79 Å². The molecule has 1 aliphatic rings. The fraction of sp³-hybridized carbons (Fsp3) is 0.296. The van der Waals surface area contributed by atoms with Crippen molar-refractivity contribution in [3.63, 3.8) is 0 Å². The molecular formula is C27H29N3O2. The first-order chi connectivity index (χ1) is 15.7. The van der Waals surface area contributed by atoms with Crippen LogP contribution in [0.25, 0.3) is 21.8 Å². The highest BCUT2D eigenvalue weighted by atomic mass is 16.5. The average Bonchev–Trinajstić information content (AvgIpc) is 3.17. The van der Waals surface area contributed by atoms with Crippen molar-refractivity contribution in [3.05, 3.63) is 77.9 Å². The number of amides is 1. The number of fused-ring (bicyclic) bond motifs is 3. The lowest BCUT2D eigenvalue weighted by molar-refractivity contribution is 0.0628. The Balaban J connectivity index is 1.29. The van der Waals surface area contributed by atoms with E-state index < -0.39 is 0 Å². The van der Waals surface area contributed by atoms with E-state index in [4.69, 9.17) is 4.74 Å². The molecule has 5 nitrogen and oxygen atoms in total. The molecule has 5 rings (SSSR count). The minimum Gasteiger partial charge on any atom is -0.497 e. The summed E-state index contributed by atoms with van der Waals surface area (Å²) in [5.74, 6) is 0.798. The summed E-state index contributed by atoms with van der Waals surface area (Å²) in [7, 11) is 1.62. The molecule has 4 aromatic rings. The molecule has 1 aliphatic heterocycles. The van der Waals surface area contributed by atoms with Crippen molar-refractivity contribution >= 4 is 27.7 Å². The Bertz CT molecular complexity index is 1270. The highest BCUT2D eigenvalue weighted by Crippen LogP contribution is 2.30. The van der Waals surface area contributed by atoms with Crippen LogP contribution in [0.5, 0.6) is 5.75 Å². The summed E-state index contributed by atoms with van der Waals surface area (Å²) in [6, 6.07) is 22.9. The molecule has 2 heterocycles. The van der Waals surface area contributed by atoms with Crippen molar-refractivity contribution in [2.45, 2.75) is 20.0 Å². The smallest absolute Gasteiger partial charge is 0.254 e. The SMILES string of the molecule is CCn1c2ccccc2c2cc(CN3CCN(C(=O)c4cccc(OC)c4)CC3)ccc21. The van der Waals surface area contributed by atoms with Gasteiger partial charge in [0.25, 0.3) is 5.91 Å². The Morgan fingerprint density at radius 1 is 0.875 bits per heavy atom. The molecule has 0 unspecified atom stereocenters. The van der Waals surface area contributed by atoms with Gasteiger partial charge in [-0.2, -0.15) is 0 Å².